The normalized spacial score (nSPS) is 31.3. The van der Waals surface area contributed by atoms with Gasteiger partial charge in [-0.2, -0.15) is 0 Å². The number of hydrogen-bond donors (Lipinski definition) is 3. The van der Waals surface area contributed by atoms with Crippen LogP contribution in [0.4, 0.5) is 4.79 Å². The molecule has 3 N–H and O–H groups in total. The van der Waals surface area contributed by atoms with Crippen LogP contribution < -0.4 is 10.6 Å². The van der Waals surface area contributed by atoms with Crippen LogP contribution in [0, 0.1) is 23.2 Å². The molecule has 4 aliphatic rings. The van der Waals surface area contributed by atoms with E-state index in [-0.39, 0.29) is 30.3 Å². The van der Waals surface area contributed by atoms with E-state index in [1.807, 2.05) is 20.8 Å². The summed E-state index contributed by atoms with van der Waals surface area (Å²) >= 11 is 0. The first-order valence-electron chi connectivity index (χ1n) is 13.4. The summed E-state index contributed by atoms with van der Waals surface area (Å²) in [6.07, 6.45) is 5.37. The molecule has 0 spiro atoms. The second-order valence-electron chi connectivity index (χ2n) is 11.8. The highest BCUT2D eigenvalue weighted by Crippen LogP contribution is 2.52. The number of carbonyl (C=O) groups is 3. The minimum Gasteiger partial charge on any atom is -0.481 e. The van der Waals surface area contributed by atoms with Crippen LogP contribution in [0.2, 0.25) is 0 Å². The van der Waals surface area contributed by atoms with Crippen molar-refractivity contribution in [3.8, 4) is 0 Å². The van der Waals surface area contributed by atoms with Crippen molar-refractivity contribution in [3.05, 3.63) is 0 Å². The van der Waals surface area contributed by atoms with Crippen molar-refractivity contribution < 1.29 is 38.7 Å². The maximum Gasteiger partial charge on any atom is 0.407 e. The van der Waals surface area contributed by atoms with E-state index < -0.39 is 23.1 Å². The second-order valence-corrected chi connectivity index (χ2v) is 11.8. The molecule has 4 bridgehead atoms. The SMILES string of the molecule is CC(C)(C)OC(=O)NCCCNC(=O)C12CC3COCCC(CC(=O)O)CCOOC(CC(C3)C1)C2. The van der Waals surface area contributed by atoms with Gasteiger partial charge in [-0.15, -0.1) is 0 Å². The first-order chi connectivity index (χ1) is 17.0. The quantitative estimate of drug-likeness (QED) is 0.349. The molecule has 2 aliphatic carbocycles. The van der Waals surface area contributed by atoms with Gasteiger partial charge in [0, 0.05) is 32.7 Å². The number of carboxylic acid groups (broad SMARTS) is 1. The zero-order chi connectivity index (χ0) is 26.2. The number of alkyl carbamates (subject to hydrolysis) is 1. The van der Waals surface area contributed by atoms with Gasteiger partial charge in [0.1, 0.15) is 5.60 Å². The van der Waals surface area contributed by atoms with Gasteiger partial charge in [0.2, 0.25) is 5.91 Å². The molecule has 5 atom stereocenters. The van der Waals surface area contributed by atoms with E-state index in [4.69, 9.17) is 24.4 Å². The number of amides is 2. The van der Waals surface area contributed by atoms with Gasteiger partial charge in [0.25, 0.3) is 0 Å². The highest BCUT2D eigenvalue weighted by Gasteiger charge is 2.51. The minimum absolute atomic E-state index is 0.00999. The van der Waals surface area contributed by atoms with E-state index in [0.717, 1.165) is 25.7 Å². The Hall–Kier alpha value is -1.91. The fourth-order valence-corrected chi connectivity index (χ4v) is 5.98. The van der Waals surface area contributed by atoms with Crippen LogP contribution in [0.15, 0.2) is 0 Å². The molecule has 0 aromatic carbocycles. The lowest BCUT2D eigenvalue weighted by Gasteiger charge is -2.49. The molecular weight excluding hydrogens is 468 g/mol. The molecule has 2 aliphatic heterocycles. The zero-order valence-corrected chi connectivity index (χ0v) is 22.0. The third-order valence-corrected chi connectivity index (χ3v) is 7.33. The fourth-order valence-electron chi connectivity index (χ4n) is 5.98. The lowest BCUT2D eigenvalue weighted by Crippen LogP contribution is -2.52. The smallest absolute Gasteiger partial charge is 0.407 e. The average molecular weight is 513 g/mol. The zero-order valence-electron chi connectivity index (χ0n) is 22.0. The summed E-state index contributed by atoms with van der Waals surface area (Å²) in [5, 5.41) is 15.0. The Morgan fingerprint density at radius 1 is 1.00 bits per heavy atom. The topological polar surface area (TPSA) is 132 Å². The summed E-state index contributed by atoms with van der Waals surface area (Å²) < 4.78 is 11.2. The van der Waals surface area contributed by atoms with Crippen LogP contribution in [0.1, 0.15) is 78.6 Å². The Morgan fingerprint density at radius 3 is 2.47 bits per heavy atom. The molecule has 5 unspecified atom stereocenters. The van der Waals surface area contributed by atoms with Crippen molar-refractivity contribution in [3.63, 3.8) is 0 Å². The Labute approximate surface area is 214 Å². The van der Waals surface area contributed by atoms with Crippen molar-refractivity contribution >= 4 is 18.0 Å². The molecule has 2 saturated heterocycles. The molecule has 0 aromatic rings. The highest BCUT2D eigenvalue weighted by molar-refractivity contribution is 5.83. The van der Waals surface area contributed by atoms with Gasteiger partial charge in [0.15, 0.2) is 0 Å². The first kappa shape index (κ1) is 28.7. The molecule has 2 amide bonds. The molecule has 2 saturated carbocycles. The van der Waals surface area contributed by atoms with E-state index in [9.17, 15) is 14.4 Å². The van der Waals surface area contributed by atoms with Crippen molar-refractivity contribution in [2.24, 2.45) is 23.2 Å². The van der Waals surface area contributed by atoms with Crippen molar-refractivity contribution in [2.75, 3.05) is 32.9 Å². The van der Waals surface area contributed by atoms with Crippen LogP contribution in [-0.4, -0.2) is 67.7 Å². The monoisotopic (exact) mass is 512 g/mol. The van der Waals surface area contributed by atoms with Crippen LogP contribution in [0.25, 0.3) is 0 Å². The van der Waals surface area contributed by atoms with Gasteiger partial charge in [0.05, 0.1) is 18.1 Å². The summed E-state index contributed by atoms with van der Waals surface area (Å²) in [6, 6.07) is 0. The molecule has 36 heavy (non-hydrogen) atoms. The molecule has 4 fully saturated rings. The van der Waals surface area contributed by atoms with Gasteiger partial charge in [-0.05, 0) is 89.9 Å². The molecule has 10 nitrogen and oxygen atoms in total. The van der Waals surface area contributed by atoms with Gasteiger partial charge < -0.3 is 25.2 Å². The number of rotatable bonds is 7. The molecular formula is C26H44N2O8. The third kappa shape index (κ3) is 9.19. The molecule has 10 heteroatoms. The van der Waals surface area contributed by atoms with E-state index in [1.54, 1.807) is 0 Å². The summed E-state index contributed by atoms with van der Waals surface area (Å²) in [4.78, 5) is 47.7. The number of nitrogens with one attached hydrogen (secondary N) is 2. The standard InChI is InChI=1S/C26H44N2O8/c1-25(2,3)35-24(32)28-8-4-7-27-23(31)26-14-19-11-20(15-26)17-33-9-5-18(13-22(29)30)6-10-34-36-21(12-19)16-26/h18-21H,4-17H2,1-3H3,(H,27,31)(H,28,32)(H,29,30). The van der Waals surface area contributed by atoms with Gasteiger partial charge in [-0.1, -0.05) is 0 Å². The average Bonchev–Trinajstić information content (AvgIpc) is 2.76. The summed E-state index contributed by atoms with van der Waals surface area (Å²) in [6.45, 7) is 7.76. The number of ether oxygens (including phenoxy) is 2. The molecule has 4 rings (SSSR count). The molecule has 2 heterocycles. The van der Waals surface area contributed by atoms with E-state index in [2.05, 4.69) is 10.6 Å². The largest absolute Gasteiger partial charge is 0.481 e. The van der Waals surface area contributed by atoms with Crippen LogP contribution >= 0.6 is 0 Å². The predicted molar refractivity (Wildman–Crippen MR) is 131 cm³/mol. The van der Waals surface area contributed by atoms with Gasteiger partial charge in [-0.3, -0.25) is 9.59 Å². The molecule has 0 radical (unpaired) electrons. The van der Waals surface area contributed by atoms with Crippen LogP contribution in [0.5, 0.6) is 0 Å². The summed E-state index contributed by atoms with van der Waals surface area (Å²) in [5.74, 6) is -0.129. The first-order valence-corrected chi connectivity index (χ1v) is 13.4. The summed E-state index contributed by atoms with van der Waals surface area (Å²) in [5.41, 5.74) is -1.06. The molecule has 0 aromatic heterocycles. The minimum atomic E-state index is -0.812. The van der Waals surface area contributed by atoms with E-state index >= 15 is 0 Å². The number of carboxylic acids is 1. The number of hydrogen-bond acceptors (Lipinski definition) is 7. The Morgan fingerprint density at radius 2 is 1.72 bits per heavy atom. The van der Waals surface area contributed by atoms with Crippen LogP contribution in [-0.2, 0) is 28.8 Å². The van der Waals surface area contributed by atoms with Crippen molar-refractivity contribution in [1.29, 1.82) is 0 Å². The Bertz CT molecular complexity index is 729. The summed E-state index contributed by atoms with van der Waals surface area (Å²) in [7, 11) is 0. The van der Waals surface area contributed by atoms with Gasteiger partial charge >= 0.3 is 12.1 Å². The van der Waals surface area contributed by atoms with Crippen molar-refractivity contribution in [2.45, 2.75) is 90.3 Å². The fraction of sp³-hybridized carbons (Fsp3) is 0.885. The Balaban J connectivity index is 1.53. The maximum absolute atomic E-state index is 13.5. The highest BCUT2D eigenvalue weighted by atomic mass is 17.2. The van der Waals surface area contributed by atoms with E-state index in [1.165, 1.54) is 0 Å². The van der Waals surface area contributed by atoms with Crippen molar-refractivity contribution in [1.82, 2.24) is 10.6 Å². The maximum atomic E-state index is 13.5. The molecule has 206 valence electrons. The number of fused-ring (bicyclic) bond motifs is 8. The number of carbonyl (C=O) groups excluding carboxylic acids is 2. The predicted octanol–water partition coefficient (Wildman–Crippen LogP) is 3.43. The lowest BCUT2D eigenvalue weighted by atomic mass is 9.58. The third-order valence-electron chi connectivity index (χ3n) is 7.33. The van der Waals surface area contributed by atoms with Gasteiger partial charge in [-0.25, -0.2) is 14.6 Å². The van der Waals surface area contributed by atoms with E-state index in [0.29, 0.717) is 64.5 Å². The lowest BCUT2D eigenvalue weighted by molar-refractivity contribution is -0.338. The van der Waals surface area contributed by atoms with Crippen LogP contribution in [0.3, 0.4) is 0 Å². The number of aliphatic carboxylic acids is 1. The second kappa shape index (κ2) is 13.1. The Kier molecular flexibility index (Phi) is 10.4.